The third kappa shape index (κ3) is 3.30. The Labute approximate surface area is 190 Å². The van der Waals surface area contributed by atoms with Crippen LogP contribution >= 0.6 is 31.9 Å². The minimum atomic E-state index is -0.334. The summed E-state index contributed by atoms with van der Waals surface area (Å²) in [6.45, 7) is 1.45. The summed E-state index contributed by atoms with van der Waals surface area (Å²) >= 11 is 7.14. The summed E-state index contributed by atoms with van der Waals surface area (Å²) < 4.78 is 7.87. The molecule has 0 saturated carbocycles. The van der Waals surface area contributed by atoms with Gasteiger partial charge in [0.1, 0.15) is 5.75 Å². The average molecular weight is 520 g/mol. The zero-order valence-corrected chi connectivity index (χ0v) is 19.2. The summed E-state index contributed by atoms with van der Waals surface area (Å²) in [5.74, 6) is 0.264. The van der Waals surface area contributed by atoms with Gasteiger partial charge in [0, 0.05) is 26.8 Å². The molecule has 0 aliphatic carbocycles. The minimum absolute atomic E-state index is 0.334. The van der Waals surface area contributed by atoms with E-state index in [2.05, 4.69) is 68.3 Å². The lowest BCUT2D eigenvalue weighted by atomic mass is 9.90. The van der Waals surface area contributed by atoms with Crippen LogP contribution in [0.25, 0.3) is 43.4 Å². The Morgan fingerprint density at radius 3 is 1.97 bits per heavy atom. The van der Waals surface area contributed by atoms with E-state index >= 15 is 0 Å². The molecule has 0 radical (unpaired) electrons. The maximum absolute atomic E-state index is 12.1. The van der Waals surface area contributed by atoms with Gasteiger partial charge >= 0.3 is 5.97 Å². The van der Waals surface area contributed by atoms with Gasteiger partial charge in [-0.05, 0) is 68.9 Å². The Morgan fingerprint density at radius 2 is 1.30 bits per heavy atom. The molecule has 0 fully saturated rings. The van der Waals surface area contributed by atoms with Gasteiger partial charge in [0.2, 0.25) is 0 Å². The number of carbonyl (C=O) groups excluding carboxylic acids is 1. The number of hydrogen-bond acceptors (Lipinski definition) is 2. The van der Waals surface area contributed by atoms with Crippen LogP contribution in [0.3, 0.4) is 0 Å². The van der Waals surface area contributed by atoms with Crippen molar-refractivity contribution in [1.29, 1.82) is 0 Å². The van der Waals surface area contributed by atoms with E-state index in [-0.39, 0.29) is 5.97 Å². The highest BCUT2D eigenvalue weighted by atomic mass is 79.9. The molecule has 0 N–H and O–H groups in total. The average Bonchev–Trinajstić information content (AvgIpc) is 2.73. The van der Waals surface area contributed by atoms with Gasteiger partial charge in [-0.1, -0.05) is 74.3 Å². The second-order valence-corrected chi connectivity index (χ2v) is 9.07. The molecule has 0 heterocycles. The molecule has 0 aliphatic heterocycles. The van der Waals surface area contributed by atoms with E-state index < -0.39 is 0 Å². The second-order valence-electron chi connectivity index (χ2n) is 7.24. The summed E-state index contributed by atoms with van der Waals surface area (Å²) in [4.78, 5) is 12.1. The fraction of sp³-hybridized carbons (Fsp3) is 0.0385. The van der Waals surface area contributed by atoms with Crippen LogP contribution in [0, 0.1) is 0 Å². The van der Waals surface area contributed by atoms with Crippen LogP contribution in [0.2, 0.25) is 0 Å². The normalized spacial score (nSPS) is 11.3. The Morgan fingerprint density at radius 1 is 0.700 bits per heavy atom. The van der Waals surface area contributed by atoms with Crippen molar-refractivity contribution in [2.45, 2.75) is 6.92 Å². The highest BCUT2D eigenvalue weighted by molar-refractivity contribution is 9.10. The van der Waals surface area contributed by atoms with Crippen molar-refractivity contribution in [3.8, 4) is 16.9 Å². The van der Waals surface area contributed by atoms with Gasteiger partial charge in [0.25, 0.3) is 0 Å². The van der Waals surface area contributed by atoms with E-state index in [1.54, 1.807) is 0 Å². The zero-order valence-electron chi connectivity index (χ0n) is 16.1. The van der Waals surface area contributed by atoms with E-state index in [1.807, 2.05) is 42.5 Å². The molecule has 0 aliphatic rings. The van der Waals surface area contributed by atoms with E-state index in [9.17, 15) is 4.79 Å². The van der Waals surface area contributed by atoms with E-state index in [1.165, 1.54) is 6.92 Å². The van der Waals surface area contributed by atoms with Crippen LogP contribution in [-0.2, 0) is 4.79 Å². The van der Waals surface area contributed by atoms with Crippen LogP contribution in [0.4, 0.5) is 0 Å². The van der Waals surface area contributed by atoms with Crippen molar-refractivity contribution in [2.24, 2.45) is 0 Å². The lowest BCUT2D eigenvalue weighted by Gasteiger charge is -2.18. The number of rotatable bonds is 2. The molecule has 146 valence electrons. The predicted octanol–water partition coefficient (Wildman–Crippen LogP) is 8.26. The molecule has 5 aromatic rings. The smallest absolute Gasteiger partial charge is 0.308 e. The maximum atomic E-state index is 12.1. The molecule has 0 aromatic heterocycles. The number of fused-ring (bicyclic) bond motifs is 4. The molecule has 0 spiro atoms. The second kappa shape index (κ2) is 7.53. The number of ether oxygens (including phenoxy) is 1. The minimum Gasteiger partial charge on any atom is -0.425 e. The Bertz CT molecular complexity index is 1450. The Balaban J connectivity index is 2.02. The van der Waals surface area contributed by atoms with Crippen molar-refractivity contribution >= 4 is 70.1 Å². The highest BCUT2D eigenvalue weighted by Crippen LogP contribution is 2.46. The summed E-state index contributed by atoms with van der Waals surface area (Å²) in [7, 11) is 0. The number of halogens is 2. The largest absolute Gasteiger partial charge is 0.425 e. The van der Waals surface area contributed by atoms with Crippen LogP contribution in [-0.4, -0.2) is 5.97 Å². The molecule has 0 saturated heterocycles. The standard InChI is InChI=1S/C26H16Br2O2/c1-15(29)30-26-24-13-18-5-3-2-4-17(18)12-22(24)23-14-20(28)10-11-21(23)25(26)16-6-8-19(27)9-7-16/h2-14H,1H3. The van der Waals surface area contributed by atoms with Crippen molar-refractivity contribution in [3.05, 3.63) is 87.8 Å². The molecular weight excluding hydrogens is 504 g/mol. The monoisotopic (exact) mass is 518 g/mol. The van der Waals surface area contributed by atoms with Gasteiger partial charge in [0.15, 0.2) is 0 Å². The third-order valence-electron chi connectivity index (χ3n) is 5.28. The van der Waals surface area contributed by atoms with Gasteiger partial charge in [0.05, 0.1) is 0 Å². The fourth-order valence-corrected chi connectivity index (χ4v) is 4.64. The molecule has 5 rings (SSSR count). The number of carbonyl (C=O) groups is 1. The molecule has 2 nitrogen and oxygen atoms in total. The van der Waals surface area contributed by atoms with Crippen molar-refractivity contribution in [2.75, 3.05) is 0 Å². The molecule has 0 bridgehead atoms. The van der Waals surface area contributed by atoms with Gasteiger partial charge in [-0.2, -0.15) is 0 Å². The molecule has 4 heteroatoms. The molecule has 0 atom stereocenters. The third-order valence-corrected chi connectivity index (χ3v) is 6.30. The lowest BCUT2D eigenvalue weighted by Crippen LogP contribution is -2.04. The first-order valence-electron chi connectivity index (χ1n) is 9.53. The first-order chi connectivity index (χ1) is 14.5. The Kier molecular flexibility index (Phi) is 4.84. The van der Waals surface area contributed by atoms with Crippen LogP contribution in [0.15, 0.2) is 87.8 Å². The van der Waals surface area contributed by atoms with Gasteiger partial charge in [-0.15, -0.1) is 0 Å². The summed E-state index contributed by atoms with van der Waals surface area (Å²) in [5, 5.41) is 6.39. The predicted molar refractivity (Wildman–Crippen MR) is 131 cm³/mol. The first kappa shape index (κ1) is 19.3. The SMILES string of the molecule is CC(=O)Oc1c(-c2ccc(Br)cc2)c2ccc(Br)cc2c2cc3ccccc3cc12. The van der Waals surface area contributed by atoms with Crippen LogP contribution in [0.5, 0.6) is 5.75 Å². The van der Waals surface area contributed by atoms with Gasteiger partial charge in [-0.25, -0.2) is 0 Å². The summed E-state index contributed by atoms with van der Waals surface area (Å²) in [6.07, 6.45) is 0. The van der Waals surface area contributed by atoms with Crippen LogP contribution < -0.4 is 4.74 Å². The van der Waals surface area contributed by atoms with E-state index in [0.717, 1.165) is 52.4 Å². The number of hydrogen-bond donors (Lipinski definition) is 0. The Hall–Kier alpha value is -2.69. The zero-order chi connectivity index (χ0) is 20.8. The molecular formula is C26H16Br2O2. The number of esters is 1. The molecule has 0 amide bonds. The van der Waals surface area contributed by atoms with E-state index in [4.69, 9.17) is 4.74 Å². The quantitative estimate of drug-likeness (QED) is 0.101. The highest BCUT2D eigenvalue weighted by Gasteiger charge is 2.19. The maximum Gasteiger partial charge on any atom is 0.308 e. The molecule has 5 aromatic carbocycles. The van der Waals surface area contributed by atoms with Crippen molar-refractivity contribution in [1.82, 2.24) is 0 Å². The van der Waals surface area contributed by atoms with Gasteiger partial charge in [-0.3, -0.25) is 4.79 Å². The summed E-state index contributed by atoms with van der Waals surface area (Å²) in [5.41, 5.74) is 1.92. The summed E-state index contributed by atoms with van der Waals surface area (Å²) in [6, 6.07) is 26.9. The first-order valence-corrected chi connectivity index (χ1v) is 11.1. The molecule has 30 heavy (non-hydrogen) atoms. The van der Waals surface area contributed by atoms with E-state index in [0.29, 0.717) is 5.75 Å². The van der Waals surface area contributed by atoms with Crippen LogP contribution in [0.1, 0.15) is 6.92 Å². The van der Waals surface area contributed by atoms with Crippen molar-refractivity contribution < 1.29 is 9.53 Å². The topological polar surface area (TPSA) is 26.3 Å². The van der Waals surface area contributed by atoms with Gasteiger partial charge < -0.3 is 4.74 Å². The number of benzene rings is 5. The fourth-order valence-electron chi connectivity index (χ4n) is 4.02. The molecule has 0 unspecified atom stereocenters. The lowest BCUT2D eigenvalue weighted by molar-refractivity contribution is -0.131. The van der Waals surface area contributed by atoms with Crippen molar-refractivity contribution in [3.63, 3.8) is 0 Å².